The zero-order chi connectivity index (χ0) is 16.7. The van der Waals surface area contributed by atoms with Crippen LogP contribution in [-0.2, 0) is 0 Å². The minimum absolute atomic E-state index is 0.221. The minimum Gasteiger partial charge on any atom is -0.493 e. The minimum atomic E-state index is -0.237. The van der Waals surface area contributed by atoms with Gasteiger partial charge in [-0.05, 0) is 30.3 Å². The zero-order valence-electron chi connectivity index (χ0n) is 12.9. The van der Waals surface area contributed by atoms with Crippen molar-refractivity contribution in [2.24, 2.45) is 0 Å². The number of nitrogens with one attached hydrogen (secondary N) is 1. The molecular weight excluding hydrogens is 314 g/mol. The number of ether oxygens (including phenoxy) is 2. The summed E-state index contributed by atoms with van der Waals surface area (Å²) in [5.41, 5.74) is 1.21. The first-order valence-corrected chi connectivity index (χ1v) is 7.27. The smallest absolute Gasteiger partial charge is 0.252 e. The summed E-state index contributed by atoms with van der Waals surface area (Å²) in [6.07, 6.45) is 0. The van der Waals surface area contributed by atoms with Crippen LogP contribution in [0.2, 0.25) is 5.02 Å². The Morgan fingerprint density at radius 3 is 2.57 bits per heavy atom. The van der Waals surface area contributed by atoms with Crippen molar-refractivity contribution < 1.29 is 14.3 Å². The molecule has 1 N–H and O–H groups in total. The van der Waals surface area contributed by atoms with Crippen LogP contribution in [0.1, 0.15) is 15.9 Å². The maximum Gasteiger partial charge on any atom is 0.252 e. The van der Waals surface area contributed by atoms with Crippen molar-refractivity contribution in [2.45, 2.75) is 0 Å². The Morgan fingerprint density at radius 2 is 1.87 bits per heavy atom. The molecule has 0 aliphatic carbocycles. The zero-order valence-corrected chi connectivity index (χ0v) is 13.6. The summed E-state index contributed by atoms with van der Waals surface area (Å²) in [4.78, 5) is 12.1. The molecule has 0 bridgehead atoms. The van der Waals surface area contributed by atoms with Crippen LogP contribution in [0.5, 0.6) is 11.5 Å². The summed E-state index contributed by atoms with van der Waals surface area (Å²) in [6.45, 7) is 0.221. The van der Waals surface area contributed by atoms with Gasteiger partial charge in [-0.25, -0.2) is 0 Å². The molecule has 23 heavy (non-hydrogen) atoms. The van der Waals surface area contributed by atoms with Crippen molar-refractivity contribution in [3.63, 3.8) is 0 Å². The molecule has 2 aromatic rings. The Balaban J connectivity index is 1.99. The highest BCUT2D eigenvalue weighted by Gasteiger charge is 2.09. The molecule has 4 nitrogen and oxygen atoms in total. The third kappa shape index (κ3) is 4.41. The van der Waals surface area contributed by atoms with Crippen molar-refractivity contribution >= 4 is 17.5 Å². The van der Waals surface area contributed by atoms with E-state index in [1.807, 2.05) is 18.2 Å². The summed E-state index contributed by atoms with van der Waals surface area (Å²) in [5.74, 6) is 6.63. The fourth-order valence-electron chi connectivity index (χ4n) is 1.91. The molecule has 0 saturated heterocycles. The standard InChI is InChI=1S/C18H16ClNO3/c1-22-16-10-9-14(12-17(16)23-2)18(21)20-11-5-7-13-6-3-4-8-15(13)19/h3-4,6,8-10,12H,11H2,1-2H3,(H,20,21). The SMILES string of the molecule is COc1ccc(C(=O)NCC#Cc2ccccc2Cl)cc1OC. The summed E-state index contributed by atoms with van der Waals surface area (Å²) in [5, 5.41) is 3.31. The van der Waals surface area contributed by atoms with Crippen LogP contribution in [0.4, 0.5) is 0 Å². The van der Waals surface area contributed by atoms with E-state index in [9.17, 15) is 4.79 Å². The molecule has 5 heteroatoms. The fraction of sp³-hybridized carbons (Fsp3) is 0.167. The number of amides is 1. The van der Waals surface area contributed by atoms with Crippen LogP contribution in [-0.4, -0.2) is 26.7 Å². The van der Waals surface area contributed by atoms with E-state index in [1.54, 1.807) is 31.4 Å². The van der Waals surface area contributed by atoms with Gasteiger partial charge < -0.3 is 14.8 Å². The molecule has 1 amide bonds. The first-order valence-electron chi connectivity index (χ1n) is 6.89. The van der Waals surface area contributed by atoms with Gasteiger partial charge >= 0.3 is 0 Å². The van der Waals surface area contributed by atoms with E-state index in [1.165, 1.54) is 7.11 Å². The number of methoxy groups -OCH3 is 2. The lowest BCUT2D eigenvalue weighted by atomic mass is 10.2. The number of halogens is 1. The number of benzene rings is 2. The van der Waals surface area contributed by atoms with Crippen LogP contribution in [0.25, 0.3) is 0 Å². The average molecular weight is 330 g/mol. The topological polar surface area (TPSA) is 47.6 Å². The van der Waals surface area contributed by atoms with E-state index in [0.29, 0.717) is 22.1 Å². The normalized spacial score (nSPS) is 9.52. The molecule has 0 saturated carbocycles. The number of hydrogen-bond acceptors (Lipinski definition) is 3. The monoisotopic (exact) mass is 329 g/mol. The molecule has 2 aromatic carbocycles. The molecule has 0 heterocycles. The highest BCUT2D eigenvalue weighted by atomic mass is 35.5. The van der Waals surface area contributed by atoms with E-state index in [4.69, 9.17) is 21.1 Å². The van der Waals surface area contributed by atoms with Gasteiger partial charge in [0.1, 0.15) is 0 Å². The van der Waals surface area contributed by atoms with Crippen molar-refractivity contribution in [3.05, 3.63) is 58.6 Å². The van der Waals surface area contributed by atoms with Gasteiger partial charge in [-0.15, -0.1) is 0 Å². The molecular formula is C18H16ClNO3. The van der Waals surface area contributed by atoms with Crippen molar-refractivity contribution in [2.75, 3.05) is 20.8 Å². The maximum absolute atomic E-state index is 12.1. The number of carbonyl (C=O) groups is 1. The van der Waals surface area contributed by atoms with Gasteiger partial charge in [0.05, 0.1) is 25.8 Å². The largest absolute Gasteiger partial charge is 0.493 e. The maximum atomic E-state index is 12.1. The van der Waals surface area contributed by atoms with Crippen LogP contribution < -0.4 is 14.8 Å². The fourth-order valence-corrected chi connectivity index (χ4v) is 2.09. The molecule has 118 valence electrons. The second kappa shape index (κ2) is 8.11. The Labute approximate surface area is 140 Å². The molecule has 2 rings (SSSR count). The summed E-state index contributed by atoms with van der Waals surface area (Å²) in [7, 11) is 3.07. The summed E-state index contributed by atoms with van der Waals surface area (Å²) >= 11 is 6.01. The van der Waals surface area contributed by atoms with Gasteiger partial charge in [0.15, 0.2) is 11.5 Å². The lowest BCUT2D eigenvalue weighted by molar-refractivity contribution is 0.0958. The van der Waals surface area contributed by atoms with Gasteiger partial charge in [0.2, 0.25) is 0 Å². The molecule has 0 atom stereocenters. The van der Waals surface area contributed by atoms with E-state index in [0.717, 1.165) is 5.56 Å². The van der Waals surface area contributed by atoms with Gasteiger partial charge in [-0.2, -0.15) is 0 Å². The van der Waals surface area contributed by atoms with Gasteiger partial charge in [-0.3, -0.25) is 4.79 Å². The quantitative estimate of drug-likeness (QED) is 0.877. The number of hydrogen-bond donors (Lipinski definition) is 1. The van der Waals surface area contributed by atoms with E-state index in [-0.39, 0.29) is 12.5 Å². The average Bonchev–Trinajstić information content (AvgIpc) is 2.59. The van der Waals surface area contributed by atoms with Gasteiger partial charge in [-0.1, -0.05) is 35.6 Å². The summed E-state index contributed by atoms with van der Waals surface area (Å²) in [6, 6.07) is 12.3. The lowest BCUT2D eigenvalue weighted by Crippen LogP contribution is -2.23. The Kier molecular flexibility index (Phi) is 5.90. The van der Waals surface area contributed by atoms with Crippen LogP contribution >= 0.6 is 11.6 Å². The second-order valence-electron chi connectivity index (χ2n) is 4.53. The van der Waals surface area contributed by atoms with Gasteiger partial charge in [0, 0.05) is 11.1 Å². The first-order chi connectivity index (χ1) is 11.2. The molecule has 0 aliphatic heterocycles. The molecule has 0 fully saturated rings. The second-order valence-corrected chi connectivity index (χ2v) is 4.94. The highest BCUT2D eigenvalue weighted by Crippen LogP contribution is 2.27. The van der Waals surface area contributed by atoms with Crippen molar-refractivity contribution in [3.8, 4) is 23.3 Å². The van der Waals surface area contributed by atoms with Crippen LogP contribution in [0.15, 0.2) is 42.5 Å². The third-order valence-corrected chi connectivity index (χ3v) is 3.41. The van der Waals surface area contributed by atoms with E-state index >= 15 is 0 Å². The van der Waals surface area contributed by atoms with E-state index in [2.05, 4.69) is 17.2 Å². The Bertz CT molecular complexity index is 762. The predicted molar refractivity (Wildman–Crippen MR) is 90.2 cm³/mol. The molecule has 0 spiro atoms. The molecule has 0 aromatic heterocycles. The van der Waals surface area contributed by atoms with Crippen molar-refractivity contribution in [1.82, 2.24) is 5.32 Å². The Hall–Kier alpha value is -2.64. The lowest BCUT2D eigenvalue weighted by Gasteiger charge is -2.09. The van der Waals surface area contributed by atoms with Crippen LogP contribution in [0.3, 0.4) is 0 Å². The van der Waals surface area contributed by atoms with Crippen molar-refractivity contribution in [1.29, 1.82) is 0 Å². The van der Waals surface area contributed by atoms with Crippen LogP contribution in [0, 0.1) is 11.8 Å². The number of carbonyl (C=O) groups excluding carboxylic acids is 1. The molecule has 0 unspecified atom stereocenters. The Morgan fingerprint density at radius 1 is 1.13 bits per heavy atom. The molecule has 0 aliphatic rings. The van der Waals surface area contributed by atoms with Gasteiger partial charge in [0.25, 0.3) is 5.91 Å². The molecule has 0 radical (unpaired) electrons. The highest BCUT2D eigenvalue weighted by molar-refractivity contribution is 6.31. The first kappa shape index (κ1) is 16.7. The third-order valence-electron chi connectivity index (χ3n) is 3.08. The summed E-state index contributed by atoms with van der Waals surface area (Å²) < 4.78 is 10.3. The number of rotatable bonds is 4. The van der Waals surface area contributed by atoms with E-state index < -0.39 is 0 Å². The predicted octanol–water partition coefficient (Wildman–Crippen LogP) is 3.14.